The van der Waals surface area contributed by atoms with Crippen LogP contribution in [0.15, 0.2) is 53.4 Å². The molecule has 190 valence electrons. The summed E-state index contributed by atoms with van der Waals surface area (Å²) in [6.45, 7) is 9.69. The Morgan fingerprint density at radius 2 is 1.78 bits per heavy atom. The summed E-state index contributed by atoms with van der Waals surface area (Å²) in [4.78, 5) is 24.7. The molecule has 0 heterocycles. The Kier molecular flexibility index (Phi) is 8.53. The number of carbonyl (C=O) groups is 2. The number of halogens is 2. The zero-order chi connectivity index (χ0) is 26.6. The van der Waals surface area contributed by atoms with Crippen LogP contribution in [0.25, 0.3) is 0 Å². The van der Waals surface area contributed by atoms with E-state index in [9.17, 15) is 14.0 Å². The molecule has 0 aliphatic rings. The number of hydrogen-bond acceptors (Lipinski definition) is 5. The zero-order valence-electron chi connectivity index (χ0n) is 20.7. The predicted molar refractivity (Wildman–Crippen MR) is 142 cm³/mol. The molecule has 0 saturated heterocycles. The number of aliphatic carboxylic acids is 1. The number of aryl methyl sites for hydroxylation is 2. The molecular weight excluding hydrogens is 503 g/mol. The van der Waals surface area contributed by atoms with Crippen LogP contribution in [0.5, 0.6) is 11.5 Å². The van der Waals surface area contributed by atoms with Gasteiger partial charge in [0.25, 0.3) is 5.91 Å². The first-order valence-corrected chi connectivity index (χ1v) is 12.4. The predicted octanol–water partition coefficient (Wildman–Crippen LogP) is 7.16. The molecule has 0 atom stereocenters. The molecule has 3 rings (SSSR count). The van der Waals surface area contributed by atoms with E-state index in [1.807, 2.05) is 46.8 Å². The number of carboxylic acids is 1. The van der Waals surface area contributed by atoms with Crippen molar-refractivity contribution in [2.75, 3.05) is 4.72 Å². The smallest absolute Gasteiger partial charge is 0.307 e. The molecule has 0 bridgehead atoms. The fraction of sp³-hybridized carbons (Fsp3) is 0.259. The molecule has 0 aliphatic heterocycles. The molecule has 0 aromatic heterocycles. The number of hydrogen-bond donors (Lipinski definition) is 3. The topological polar surface area (TPSA) is 87.7 Å². The number of benzene rings is 3. The number of carboxylic acid groups (broad SMARTS) is 1. The van der Waals surface area contributed by atoms with Crippen molar-refractivity contribution in [3.8, 4) is 11.5 Å². The second-order valence-electron chi connectivity index (χ2n) is 9.43. The molecule has 0 fully saturated rings. The van der Waals surface area contributed by atoms with Gasteiger partial charge < -0.3 is 19.9 Å². The van der Waals surface area contributed by atoms with E-state index in [1.54, 1.807) is 18.2 Å². The van der Waals surface area contributed by atoms with E-state index in [4.69, 9.17) is 21.4 Å². The van der Waals surface area contributed by atoms with Crippen molar-refractivity contribution in [2.24, 2.45) is 0 Å². The summed E-state index contributed by atoms with van der Waals surface area (Å²) < 4.78 is 23.7. The zero-order valence-corrected chi connectivity index (χ0v) is 22.2. The molecule has 0 saturated carbocycles. The van der Waals surface area contributed by atoms with E-state index in [-0.39, 0.29) is 22.2 Å². The van der Waals surface area contributed by atoms with Gasteiger partial charge in [0.05, 0.1) is 17.1 Å². The first-order chi connectivity index (χ1) is 16.8. The third-order valence-electron chi connectivity index (χ3n) is 4.99. The molecule has 0 aliphatic carbocycles. The number of anilines is 1. The van der Waals surface area contributed by atoms with Gasteiger partial charge in [-0.1, -0.05) is 29.3 Å². The monoisotopic (exact) mass is 530 g/mol. The lowest BCUT2D eigenvalue weighted by atomic mass is 10.1. The summed E-state index contributed by atoms with van der Waals surface area (Å²) >= 11 is 7.63. The highest BCUT2D eigenvalue weighted by Crippen LogP contribution is 2.38. The highest BCUT2D eigenvalue weighted by molar-refractivity contribution is 8.00. The molecule has 0 spiro atoms. The van der Waals surface area contributed by atoms with Crippen LogP contribution < -0.4 is 14.8 Å². The highest BCUT2D eigenvalue weighted by atomic mass is 35.5. The maximum absolute atomic E-state index is 14.5. The van der Waals surface area contributed by atoms with E-state index < -0.39 is 23.7 Å². The summed E-state index contributed by atoms with van der Waals surface area (Å²) in [6.07, 6.45) is -0.497. The minimum Gasteiger partial charge on any atom is -0.481 e. The van der Waals surface area contributed by atoms with Crippen molar-refractivity contribution in [1.29, 1.82) is 0 Å². The summed E-state index contributed by atoms with van der Waals surface area (Å²) in [7, 11) is 0. The van der Waals surface area contributed by atoms with Crippen LogP contribution in [0.3, 0.4) is 0 Å². The Bertz CT molecular complexity index is 1310. The second kappa shape index (κ2) is 11.2. The largest absolute Gasteiger partial charge is 0.481 e. The van der Waals surface area contributed by atoms with Gasteiger partial charge in [0, 0.05) is 27.6 Å². The summed E-state index contributed by atoms with van der Waals surface area (Å²) in [5.74, 6) is -1.83. The quantitative estimate of drug-likeness (QED) is 0.268. The van der Waals surface area contributed by atoms with Crippen molar-refractivity contribution in [3.05, 3.63) is 81.6 Å². The van der Waals surface area contributed by atoms with E-state index in [2.05, 4.69) is 16.1 Å². The lowest BCUT2D eigenvalue weighted by Crippen LogP contribution is -2.40. The van der Waals surface area contributed by atoms with E-state index in [0.717, 1.165) is 22.1 Å². The van der Waals surface area contributed by atoms with Crippen molar-refractivity contribution in [2.45, 2.75) is 51.5 Å². The van der Waals surface area contributed by atoms with Gasteiger partial charge in [0.1, 0.15) is 11.6 Å². The van der Waals surface area contributed by atoms with Crippen LogP contribution in [0, 0.1) is 19.7 Å². The minimum atomic E-state index is -1.17. The van der Waals surface area contributed by atoms with Gasteiger partial charge in [-0.25, -0.2) is 4.39 Å². The number of ether oxygens (including phenoxy) is 1. The fourth-order valence-corrected chi connectivity index (χ4v) is 4.30. The van der Waals surface area contributed by atoms with E-state index >= 15 is 0 Å². The van der Waals surface area contributed by atoms with Gasteiger partial charge in [-0.05, 0) is 82.5 Å². The summed E-state index contributed by atoms with van der Waals surface area (Å²) in [5, 5.41) is 12.0. The van der Waals surface area contributed by atoms with Crippen molar-refractivity contribution in [3.63, 3.8) is 0 Å². The maximum Gasteiger partial charge on any atom is 0.307 e. The first-order valence-electron chi connectivity index (χ1n) is 11.2. The standard InChI is InChI=1S/C27H28ClFN2O4S/c1-15-6-9-24(16(2)10-15)36-31-21-12-17(26(34)30-27(3,4)5)7-8-22(21)35-23-14-20(29)18(11-19(23)28)13-25(32)33/h6-12,14,31H,13H2,1-5H3,(H,30,34)(H,32,33). The molecule has 0 unspecified atom stereocenters. The minimum absolute atomic E-state index is 0.0229. The Morgan fingerprint density at radius 3 is 2.42 bits per heavy atom. The molecule has 6 nitrogen and oxygen atoms in total. The molecule has 1 amide bonds. The normalized spacial score (nSPS) is 11.2. The molecule has 0 radical (unpaired) electrons. The average molecular weight is 531 g/mol. The molecule has 3 N–H and O–H groups in total. The third-order valence-corrected chi connectivity index (χ3v) is 6.29. The number of amides is 1. The van der Waals surface area contributed by atoms with Crippen LogP contribution in [0.2, 0.25) is 5.02 Å². The summed E-state index contributed by atoms with van der Waals surface area (Å²) in [6, 6.07) is 13.2. The van der Waals surface area contributed by atoms with Crippen molar-refractivity contribution >= 4 is 41.1 Å². The van der Waals surface area contributed by atoms with Gasteiger partial charge >= 0.3 is 5.97 Å². The molecule has 36 heavy (non-hydrogen) atoms. The van der Waals surface area contributed by atoms with Crippen molar-refractivity contribution < 1.29 is 23.8 Å². The lowest BCUT2D eigenvalue weighted by Gasteiger charge is -2.21. The van der Waals surface area contributed by atoms with Crippen molar-refractivity contribution in [1.82, 2.24) is 5.32 Å². The Hall–Kier alpha value is -3.23. The molecule has 3 aromatic carbocycles. The maximum atomic E-state index is 14.5. The molecular formula is C27H28ClFN2O4S. The lowest BCUT2D eigenvalue weighted by molar-refractivity contribution is -0.136. The van der Waals surface area contributed by atoms with Gasteiger partial charge in [-0.3, -0.25) is 9.59 Å². The van der Waals surface area contributed by atoms with Gasteiger partial charge in [0.15, 0.2) is 5.75 Å². The van der Waals surface area contributed by atoms with Gasteiger partial charge in [0.2, 0.25) is 0 Å². The summed E-state index contributed by atoms with van der Waals surface area (Å²) in [5.41, 5.74) is 2.65. The Morgan fingerprint density at radius 1 is 1.06 bits per heavy atom. The Balaban J connectivity index is 1.95. The number of rotatable bonds is 8. The average Bonchev–Trinajstić information content (AvgIpc) is 2.75. The van der Waals surface area contributed by atoms with E-state index in [0.29, 0.717) is 17.0 Å². The number of carbonyl (C=O) groups excluding carboxylic acids is 1. The second-order valence-corrected chi connectivity index (χ2v) is 10.7. The van der Waals surface area contributed by atoms with Crippen LogP contribution >= 0.6 is 23.5 Å². The van der Waals surface area contributed by atoms with Gasteiger partial charge in [-0.15, -0.1) is 0 Å². The van der Waals surface area contributed by atoms with Gasteiger partial charge in [-0.2, -0.15) is 0 Å². The van der Waals surface area contributed by atoms with Crippen LogP contribution in [0.1, 0.15) is 47.8 Å². The Labute approximate surface area is 219 Å². The first kappa shape index (κ1) is 27.4. The van der Waals surface area contributed by atoms with Crippen LogP contribution in [0.4, 0.5) is 10.1 Å². The molecule has 9 heteroatoms. The van der Waals surface area contributed by atoms with Crippen LogP contribution in [-0.4, -0.2) is 22.5 Å². The highest BCUT2D eigenvalue weighted by Gasteiger charge is 2.19. The third kappa shape index (κ3) is 7.38. The number of nitrogens with one attached hydrogen (secondary N) is 2. The van der Waals surface area contributed by atoms with Crippen LogP contribution in [-0.2, 0) is 11.2 Å². The fourth-order valence-electron chi connectivity index (χ4n) is 3.34. The SMILES string of the molecule is Cc1ccc(SNc2cc(C(=O)NC(C)(C)C)ccc2Oc2cc(F)c(CC(=O)O)cc2Cl)c(C)c1. The van der Waals surface area contributed by atoms with E-state index in [1.165, 1.54) is 18.0 Å². The molecule has 3 aromatic rings.